The van der Waals surface area contributed by atoms with E-state index in [1.807, 2.05) is 24.3 Å². The Morgan fingerprint density at radius 3 is 2.71 bits per heavy atom. The van der Waals surface area contributed by atoms with E-state index in [9.17, 15) is 4.39 Å². The molecule has 106 valence electrons. The van der Waals surface area contributed by atoms with Gasteiger partial charge in [-0.2, -0.15) is 4.68 Å². The Balaban J connectivity index is 2.18. The van der Waals surface area contributed by atoms with E-state index in [0.29, 0.717) is 22.6 Å². The van der Waals surface area contributed by atoms with Crippen molar-refractivity contribution in [3.05, 3.63) is 52.3 Å². The number of tetrazole rings is 1. The molecule has 0 amide bonds. The first kappa shape index (κ1) is 13.7. The molecule has 0 atom stereocenters. The van der Waals surface area contributed by atoms with E-state index in [1.54, 1.807) is 13.0 Å². The van der Waals surface area contributed by atoms with Gasteiger partial charge in [-0.3, -0.25) is 0 Å². The molecule has 2 N–H and O–H groups in total. The molecular weight excluding hydrogens is 337 g/mol. The quantitative estimate of drug-likeness (QED) is 0.723. The molecule has 0 bridgehead atoms. The van der Waals surface area contributed by atoms with Crippen LogP contribution in [0.5, 0.6) is 0 Å². The molecule has 0 spiro atoms. The second-order valence-electron chi connectivity index (χ2n) is 4.54. The van der Waals surface area contributed by atoms with E-state index in [-0.39, 0.29) is 5.82 Å². The number of aromatic nitrogens is 4. The van der Waals surface area contributed by atoms with Gasteiger partial charge in [-0.15, -0.1) is 5.10 Å². The van der Waals surface area contributed by atoms with Gasteiger partial charge in [0.2, 0.25) is 0 Å². The van der Waals surface area contributed by atoms with E-state index in [2.05, 4.69) is 31.5 Å². The zero-order valence-corrected chi connectivity index (χ0v) is 12.7. The minimum atomic E-state index is -0.383. The fraction of sp³-hybridized carbons (Fsp3) is 0.0714. The summed E-state index contributed by atoms with van der Waals surface area (Å²) in [6.07, 6.45) is 0. The van der Waals surface area contributed by atoms with Crippen LogP contribution >= 0.6 is 15.9 Å². The van der Waals surface area contributed by atoms with Crippen LogP contribution in [-0.2, 0) is 0 Å². The summed E-state index contributed by atoms with van der Waals surface area (Å²) in [5.74, 6) is 0.0409. The molecule has 0 aliphatic carbocycles. The van der Waals surface area contributed by atoms with E-state index >= 15 is 0 Å². The second-order valence-corrected chi connectivity index (χ2v) is 5.39. The lowest BCUT2D eigenvalue weighted by atomic mass is 10.1. The molecule has 2 aromatic carbocycles. The topological polar surface area (TPSA) is 69.6 Å². The molecule has 0 aliphatic rings. The van der Waals surface area contributed by atoms with Gasteiger partial charge in [-0.1, -0.05) is 12.1 Å². The molecule has 1 aromatic heterocycles. The van der Waals surface area contributed by atoms with Crippen molar-refractivity contribution in [3.8, 4) is 17.1 Å². The molecule has 0 aliphatic heterocycles. The van der Waals surface area contributed by atoms with E-state index in [4.69, 9.17) is 5.73 Å². The summed E-state index contributed by atoms with van der Waals surface area (Å²) in [7, 11) is 0. The third-order valence-electron chi connectivity index (χ3n) is 3.19. The Bertz CT molecular complexity index is 792. The predicted octanol–water partition coefficient (Wildman–Crippen LogP) is 3.12. The molecule has 21 heavy (non-hydrogen) atoms. The molecule has 0 radical (unpaired) electrons. The van der Waals surface area contributed by atoms with Crippen LogP contribution in [0.1, 0.15) is 5.56 Å². The molecule has 1 heterocycles. The van der Waals surface area contributed by atoms with E-state index < -0.39 is 0 Å². The third-order valence-corrected chi connectivity index (χ3v) is 3.86. The van der Waals surface area contributed by atoms with Crippen molar-refractivity contribution in [2.75, 3.05) is 5.73 Å². The monoisotopic (exact) mass is 347 g/mol. The van der Waals surface area contributed by atoms with Gasteiger partial charge in [0.05, 0.1) is 5.69 Å². The number of anilines is 1. The van der Waals surface area contributed by atoms with E-state index in [0.717, 1.165) is 10.2 Å². The highest BCUT2D eigenvalue weighted by atomic mass is 79.9. The average Bonchev–Trinajstić information content (AvgIpc) is 2.94. The number of rotatable bonds is 2. The lowest BCUT2D eigenvalue weighted by Crippen LogP contribution is -2.02. The number of halogens is 2. The Hall–Kier alpha value is -2.28. The van der Waals surface area contributed by atoms with Crippen molar-refractivity contribution >= 4 is 21.6 Å². The van der Waals surface area contributed by atoms with Crippen molar-refractivity contribution in [2.45, 2.75) is 6.92 Å². The minimum Gasteiger partial charge on any atom is -0.398 e. The van der Waals surface area contributed by atoms with Crippen LogP contribution in [0.4, 0.5) is 10.1 Å². The van der Waals surface area contributed by atoms with Crippen molar-refractivity contribution < 1.29 is 4.39 Å². The SMILES string of the molecule is Cc1c(N)cc(-c2nnnn2-c2ccccc2Br)cc1F. The maximum atomic E-state index is 13.9. The summed E-state index contributed by atoms with van der Waals surface area (Å²) in [6.45, 7) is 1.63. The Labute approximate surface area is 128 Å². The van der Waals surface area contributed by atoms with Gasteiger partial charge >= 0.3 is 0 Å². The predicted molar refractivity (Wildman–Crippen MR) is 81.4 cm³/mol. The number of para-hydroxylation sites is 1. The highest BCUT2D eigenvalue weighted by molar-refractivity contribution is 9.10. The number of nitrogens with zero attached hydrogens (tertiary/aromatic N) is 4. The minimum absolute atomic E-state index is 0.367. The molecule has 0 saturated heterocycles. The molecule has 3 aromatic rings. The fourth-order valence-corrected chi connectivity index (χ4v) is 2.43. The Kier molecular flexibility index (Phi) is 3.42. The van der Waals surface area contributed by atoms with Crippen LogP contribution in [0.3, 0.4) is 0 Å². The number of hydrogen-bond donors (Lipinski definition) is 1. The van der Waals surface area contributed by atoms with Gasteiger partial charge in [0.25, 0.3) is 0 Å². The lowest BCUT2D eigenvalue weighted by Gasteiger charge is -2.08. The summed E-state index contributed by atoms with van der Waals surface area (Å²) >= 11 is 3.45. The van der Waals surface area contributed by atoms with Crippen LogP contribution in [0.2, 0.25) is 0 Å². The van der Waals surface area contributed by atoms with E-state index in [1.165, 1.54) is 10.7 Å². The van der Waals surface area contributed by atoms with Crippen LogP contribution in [0.25, 0.3) is 17.1 Å². The fourth-order valence-electron chi connectivity index (χ4n) is 1.98. The summed E-state index contributed by atoms with van der Waals surface area (Å²) in [4.78, 5) is 0. The summed E-state index contributed by atoms with van der Waals surface area (Å²) in [5, 5.41) is 11.6. The van der Waals surface area contributed by atoms with Crippen LogP contribution in [-0.4, -0.2) is 20.2 Å². The molecule has 5 nitrogen and oxygen atoms in total. The van der Waals surface area contributed by atoms with Crippen molar-refractivity contribution in [3.63, 3.8) is 0 Å². The van der Waals surface area contributed by atoms with Crippen LogP contribution in [0.15, 0.2) is 40.9 Å². The molecule has 0 fully saturated rings. The smallest absolute Gasteiger partial charge is 0.187 e. The Morgan fingerprint density at radius 2 is 2.00 bits per heavy atom. The van der Waals surface area contributed by atoms with Crippen LogP contribution in [0, 0.1) is 12.7 Å². The third kappa shape index (κ3) is 2.40. The lowest BCUT2D eigenvalue weighted by molar-refractivity contribution is 0.619. The van der Waals surface area contributed by atoms with Crippen LogP contribution < -0.4 is 5.73 Å². The summed E-state index contributed by atoms with van der Waals surface area (Å²) < 4.78 is 16.2. The molecule has 3 rings (SSSR count). The zero-order valence-electron chi connectivity index (χ0n) is 11.1. The summed E-state index contributed by atoms with van der Waals surface area (Å²) in [5.41, 5.74) is 7.89. The van der Waals surface area contributed by atoms with Gasteiger partial charge in [0.1, 0.15) is 5.82 Å². The molecule has 0 saturated carbocycles. The normalized spacial score (nSPS) is 10.8. The average molecular weight is 348 g/mol. The molecular formula is C14H11BrFN5. The Morgan fingerprint density at radius 1 is 1.24 bits per heavy atom. The number of nitrogens with two attached hydrogens (primary N) is 1. The zero-order chi connectivity index (χ0) is 15.0. The largest absolute Gasteiger partial charge is 0.398 e. The molecule has 0 unspecified atom stereocenters. The van der Waals surface area contributed by atoms with Gasteiger partial charge in [0.15, 0.2) is 5.82 Å². The van der Waals surface area contributed by atoms with Crippen molar-refractivity contribution in [1.29, 1.82) is 0 Å². The number of nitrogen functional groups attached to an aromatic ring is 1. The standard InChI is InChI=1S/C14H11BrFN5/c1-8-11(16)6-9(7-12(8)17)14-18-19-20-21(14)13-5-3-2-4-10(13)15/h2-7H,17H2,1H3. The highest BCUT2D eigenvalue weighted by Crippen LogP contribution is 2.28. The second kappa shape index (κ2) is 5.25. The van der Waals surface area contributed by atoms with Crippen molar-refractivity contribution in [2.24, 2.45) is 0 Å². The number of benzene rings is 2. The first-order valence-electron chi connectivity index (χ1n) is 6.17. The summed E-state index contributed by atoms with van der Waals surface area (Å²) in [6, 6.07) is 10.5. The number of hydrogen-bond acceptors (Lipinski definition) is 4. The maximum Gasteiger partial charge on any atom is 0.187 e. The van der Waals surface area contributed by atoms with Gasteiger partial charge < -0.3 is 5.73 Å². The maximum absolute atomic E-state index is 13.9. The molecule has 7 heteroatoms. The first-order valence-corrected chi connectivity index (χ1v) is 6.96. The van der Waals surface area contributed by atoms with Crippen molar-refractivity contribution in [1.82, 2.24) is 20.2 Å². The van der Waals surface area contributed by atoms with Gasteiger partial charge in [-0.05, 0) is 57.5 Å². The first-order chi connectivity index (χ1) is 10.1. The van der Waals surface area contributed by atoms with Gasteiger partial charge in [0, 0.05) is 21.3 Å². The van der Waals surface area contributed by atoms with Gasteiger partial charge in [-0.25, -0.2) is 4.39 Å². The highest BCUT2D eigenvalue weighted by Gasteiger charge is 2.15.